The highest BCUT2D eigenvalue weighted by molar-refractivity contribution is 7.09. The minimum atomic E-state index is -0.104. The lowest BCUT2D eigenvalue weighted by Gasteiger charge is -2.25. The number of hydrogen-bond acceptors (Lipinski definition) is 6. The molecule has 0 aliphatic carbocycles. The van der Waals surface area contributed by atoms with E-state index in [1.54, 1.807) is 35.9 Å². The van der Waals surface area contributed by atoms with Crippen molar-refractivity contribution in [3.8, 4) is 0 Å². The van der Waals surface area contributed by atoms with Gasteiger partial charge in [0, 0.05) is 43.0 Å². The molecule has 0 unspecified atom stereocenters. The number of carbonyl (C=O) groups is 1. The van der Waals surface area contributed by atoms with Crippen molar-refractivity contribution in [2.75, 3.05) is 26.3 Å². The average Bonchev–Trinajstić information content (AvgIpc) is 3.02. The molecule has 6 nitrogen and oxygen atoms in total. The molecule has 2 aromatic rings. The zero-order chi connectivity index (χ0) is 15.2. The Hall–Kier alpha value is -1.83. The summed E-state index contributed by atoms with van der Waals surface area (Å²) in [5, 5.41) is 5.86. The van der Waals surface area contributed by atoms with E-state index in [-0.39, 0.29) is 5.91 Å². The van der Waals surface area contributed by atoms with Crippen LogP contribution in [0.4, 0.5) is 0 Å². The summed E-state index contributed by atoms with van der Waals surface area (Å²) in [7, 11) is 0. The lowest BCUT2D eigenvalue weighted by Crippen LogP contribution is -2.35. The monoisotopic (exact) mass is 318 g/mol. The largest absolute Gasteiger partial charge is 0.379 e. The fourth-order valence-corrected chi connectivity index (χ4v) is 2.98. The number of ether oxygens (including phenoxy) is 1. The van der Waals surface area contributed by atoms with E-state index in [1.165, 1.54) is 0 Å². The van der Waals surface area contributed by atoms with Crippen molar-refractivity contribution in [3.63, 3.8) is 0 Å². The molecular formula is C15H18N4O2S. The van der Waals surface area contributed by atoms with E-state index < -0.39 is 0 Å². The Labute approximate surface area is 133 Å². The van der Waals surface area contributed by atoms with Gasteiger partial charge in [0.05, 0.1) is 25.5 Å². The van der Waals surface area contributed by atoms with Crippen molar-refractivity contribution in [2.24, 2.45) is 0 Å². The van der Waals surface area contributed by atoms with Gasteiger partial charge in [0.1, 0.15) is 5.01 Å². The first kappa shape index (κ1) is 15.1. The average molecular weight is 318 g/mol. The summed E-state index contributed by atoms with van der Waals surface area (Å²) < 4.78 is 5.34. The minimum absolute atomic E-state index is 0.104. The van der Waals surface area contributed by atoms with Crippen LogP contribution in [0, 0.1) is 0 Å². The van der Waals surface area contributed by atoms with Crippen LogP contribution in [-0.2, 0) is 17.8 Å². The molecule has 3 heterocycles. The Morgan fingerprint density at radius 3 is 2.86 bits per heavy atom. The fraction of sp³-hybridized carbons (Fsp3) is 0.400. The number of hydrogen-bond donors (Lipinski definition) is 1. The van der Waals surface area contributed by atoms with Crippen molar-refractivity contribution in [1.29, 1.82) is 0 Å². The topological polar surface area (TPSA) is 67.4 Å². The first-order valence-electron chi connectivity index (χ1n) is 7.23. The number of thiazole rings is 1. The molecule has 1 saturated heterocycles. The standard InChI is InChI=1S/C15H18N4O2S/c20-15(12-1-3-16-4-2-12)17-9-14-18-13(11-22-14)10-19-5-7-21-8-6-19/h1-4,11H,5-10H2,(H,17,20). The zero-order valence-electron chi connectivity index (χ0n) is 12.2. The van der Waals surface area contributed by atoms with Crippen LogP contribution in [0.5, 0.6) is 0 Å². The predicted octanol–water partition coefficient (Wildman–Crippen LogP) is 1.30. The SMILES string of the molecule is O=C(NCc1nc(CN2CCOCC2)cs1)c1ccncc1. The molecule has 3 rings (SSSR count). The van der Waals surface area contributed by atoms with E-state index in [0.717, 1.165) is 43.5 Å². The zero-order valence-corrected chi connectivity index (χ0v) is 13.0. The molecule has 0 aromatic carbocycles. The molecule has 0 bridgehead atoms. The van der Waals surface area contributed by atoms with Crippen LogP contribution >= 0.6 is 11.3 Å². The van der Waals surface area contributed by atoms with Crippen LogP contribution in [0.15, 0.2) is 29.9 Å². The molecule has 0 saturated carbocycles. The maximum atomic E-state index is 12.0. The van der Waals surface area contributed by atoms with Crippen LogP contribution in [0.3, 0.4) is 0 Å². The summed E-state index contributed by atoms with van der Waals surface area (Å²) in [6.07, 6.45) is 3.22. The smallest absolute Gasteiger partial charge is 0.251 e. The number of morpholine rings is 1. The Kier molecular flexibility index (Phi) is 5.10. The van der Waals surface area contributed by atoms with E-state index in [0.29, 0.717) is 12.1 Å². The number of pyridine rings is 1. The molecule has 0 atom stereocenters. The number of nitrogens with zero attached hydrogens (tertiary/aromatic N) is 3. The number of carbonyl (C=O) groups excluding carboxylic acids is 1. The van der Waals surface area contributed by atoms with Crippen LogP contribution < -0.4 is 5.32 Å². The third kappa shape index (κ3) is 4.09. The highest BCUT2D eigenvalue weighted by Gasteiger charge is 2.13. The van der Waals surface area contributed by atoms with Crippen molar-refractivity contribution in [2.45, 2.75) is 13.1 Å². The Morgan fingerprint density at radius 1 is 1.32 bits per heavy atom. The molecule has 1 N–H and O–H groups in total. The van der Waals surface area contributed by atoms with Gasteiger partial charge in [0.25, 0.3) is 5.91 Å². The van der Waals surface area contributed by atoms with E-state index in [1.807, 2.05) is 0 Å². The highest BCUT2D eigenvalue weighted by Crippen LogP contribution is 2.13. The van der Waals surface area contributed by atoms with Crippen molar-refractivity contribution < 1.29 is 9.53 Å². The van der Waals surface area contributed by atoms with E-state index >= 15 is 0 Å². The summed E-state index contributed by atoms with van der Waals surface area (Å²) >= 11 is 1.58. The Bertz CT molecular complexity index is 611. The van der Waals surface area contributed by atoms with Gasteiger partial charge in [-0.05, 0) is 12.1 Å². The molecule has 1 aliphatic rings. The summed E-state index contributed by atoms with van der Waals surface area (Å²) in [6, 6.07) is 3.39. The normalized spacial score (nSPS) is 15.6. The Morgan fingerprint density at radius 2 is 2.09 bits per heavy atom. The lowest BCUT2D eigenvalue weighted by atomic mass is 10.2. The Balaban J connectivity index is 1.50. The maximum Gasteiger partial charge on any atom is 0.251 e. The van der Waals surface area contributed by atoms with Gasteiger partial charge in [-0.3, -0.25) is 14.7 Å². The van der Waals surface area contributed by atoms with Gasteiger partial charge < -0.3 is 10.1 Å². The second kappa shape index (κ2) is 7.44. The van der Waals surface area contributed by atoms with Gasteiger partial charge in [0.15, 0.2) is 0 Å². The first-order chi connectivity index (χ1) is 10.8. The molecule has 1 amide bonds. The lowest BCUT2D eigenvalue weighted by molar-refractivity contribution is 0.0337. The fourth-order valence-electron chi connectivity index (χ4n) is 2.25. The molecule has 7 heteroatoms. The molecular weight excluding hydrogens is 300 g/mol. The molecule has 0 radical (unpaired) electrons. The van der Waals surface area contributed by atoms with Crippen LogP contribution in [0.25, 0.3) is 0 Å². The van der Waals surface area contributed by atoms with Crippen molar-refractivity contribution in [1.82, 2.24) is 20.2 Å². The minimum Gasteiger partial charge on any atom is -0.379 e. The highest BCUT2D eigenvalue weighted by atomic mass is 32.1. The first-order valence-corrected chi connectivity index (χ1v) is 8.11. The number of amides is 1. The number of nitrogens with one attached hydrogen (secondary N) is 1. The van der Waals surface area contributed by atoms with E-state index in [4.69, 9.17) is 4.74 Å². The molecule has 1 aliphatic heterocycles. The molecule has 1 fully saturated rings. The summed E-state index contributed by atoms with van der Waals surface area (Å²) in [4.78, 5) is 22.8. The van der Waals surface area contributed by atoms with Gasteiger partial charge in [-0.1, -0.05) is 0 Å². The second-order valence-corrected chi connectivity index (χ2v) is 5.98. The van der Waals surface area contributed by atoms with Gasteiger partial charge in [-0.15, -0.1) is 11.3 Å². The number of aromatic nitrogens is 2. The number of rotatable bonds is 5. The summed E-state index contributed by atoms with van der Waals surface area (Å²) in [5.74, 6) is -0.104. The predicted molar refractivity (Wildman–Crippen MR) is 83.6 cm³/mol. The third-order valence-electron chi connectivity index (χ3n) is 3.43. The van der Waals surface area contributed by atoms with E-state index in [2.05, 4.69) is 25.6 Å². The van der Waals surface area contributed by atoms with Gasteiger partial charge >= 0.3 is 0 Å². The summed E-state index contributed by atoms with van der Waals surface area (Å²) in [6.45, 7) is 4.78. The van der Waals surface area contributed by atoms with Crippen LogP contribution in [-0.4, -0.2) is 47.1 Å². The van der Waals surface area contributed by atoms with Crippen molar-refractivity contribution >= 4 is 17.2 Å². The van der Waals surface area contributed by atoms with Gasteiger partial charge in [-0.2, -0.15) is 0 Å². The molecule has 0 spiro atoms. The van der Waals surface area contributed by atoms with E-state index in [9.17, 15) is 4.79 Å². The maximum absolute atomic E-state index is 12.0. The van der Waals surface area contributed by atoms with Gasteiger partial charge in [-0.25, -0.2) is 4.98 Å². The molecule has 2 aromatic heterocycles. The third-order valence-corrected chi connectivity index (χ3v) is 4.33. The van der Waals surface area contributed by atoms with Crippen molar-refractivity contribution in [3.05, 3.63) is 46.2 Å². The quantitative estimate of drug-likeness (QED) is 0.900. The van der Waals surface area contributed by atoms with Gasteiger partial charge in [0.2, 0.25) is 0 Å². The second-order valence-electron chi connectivity index (χ2n) is 5.04. The molecule has 116 valence electrons. The van der Waals surface area contributed by atoms with Crippen LogP contribution in [0.2, 0.25) is 0 Å². The molecule has 22 heavy (non-hydrogen) atoms. The summed E-state index contributed by atoms with van der Waals surface area (Å²) in [5.41, 5.74) is 1.67. The van der Waals surface area contributed by atoms with Crippen LogP contribution in [0.1, 0.15) is 21.1 Å².